The van der Waals surface area contributed by atoms with Gasteiger partial charge in [-0.2, -0.15) is 12.6 Å². The zero-order valence-corrected chi connectivity index (χ0v) is 12.7. The predicted molar refractivity (Wildman–Crippen MR) is 81.2 cm³/mol. The molecule has 0 amide bonds. The number of hydrogen-bond donors (Lipinski definition) is 5. The van der Waals surface area contributed by atoms with E-state index in [0.717, 1.165) is 25.7 Å². The summed E-state index contributed by atoms with van der Waals surface area (Å²) in [6, 6.07) is 0. The first-order valence-electron chi connectivity index (χ1n) is 6.91. The molecule has 1 rings (SSSR count). The number of carboxylic acid groups (broad SMARTS) is 2. The van der Waals surface area contributed by atoms with Crippen LogP contribution in [-0.2, 0) is 9.59 Å². The Bertz CT molecular complexity index is 294. The van der Waals surface area contributed by atoms with Gasteiger partial charge in [-0.15, -0.1) is 0 Å². The van der Waals surface area contributed by atoms with Crippen LogP contribution in [0.25, 0.3) is 0 Å². The SMILES string of the molecule is NCC1(CC(=O)O)CCCCC1.O=C(O)CNCCS. The largest absolute Gasteiger partial charge is 0.481 e. The van der Waals surface area contributed by atoms with Crippen molar-refractivity contribution in [2.24, 2.45) is 11.1 Å². The van der Waals surface area contributed by atoms with Crippen LogP contribution in [0.2, 0.25) is 0 Å². The van der Waals surface area contributed by atoms with E-state index in [-0.39, 0.29) is 18.4 Å². The lowest BCUT2D eigenvalue weighted by Crippen LogP contribution is -2.34. The molecule has 6 nitrogen and oxygen atoms in total. The molecule has 5 N–H and O–H groups in total. The lowest BCUT2D eigenvalue weighted by Gasteiger charge is -2.34. The van der Waals surface area contributed by atoms with E-state index in [1.807, 2.05) is 0 Å². The Morgan fingerprint density at radius 2 is 1.75 bits per heavy atom. The fraction of sp³-hybridized carbons (Fsp3) is 0.846. The van der Waals surface area contributed by atoms with Crippen molar-refractivity contribution in [2.75, 3.05) is 25.4 Å². The molecule has 20 heavy (non-hydrogen) atoms. The Morgan fingerprint density at radius 1 is 1.15 bits per heavy atom. The maximum absolute atomic E-state index is 10.6. The van der Waals surface area contributed by atoms with E-state index in [2.05, 4.69) is 17.9 Å². The molecule has 1 aliphatic rings. The van der Waals surface area contributed by atoms with Gasteiger partial charge in [-0.3, -0.25) is 9.59 Å². The molecule has 0 atom stereocenters. The van der Waals surface area contributed by atoms with Crippen molar-refractivity contribution in [1.29, 1.82) is 0 Å². The van der Waals surface area contributed by atoms with Gasteiger partial charge in [0.2, 0.25) is 0 Å². The maximum atomic E-state index is 10.6. The van der Waals surface area contributed by atoms with Crippen molar-refractivity contribution in [2.45, 2.75) is 38.5 Å². The summed E-state index contributed by atoms with van der Waals surface area (Å²) in [6.07, 6.45) is 5.77. The average molecular weight is 306 g/mol. The number of thiol groups is 1. The Labute approximate surface area is 125 Å². The summed E-state index contributed by atoms with van der Waals surface area (Å²) in [7, 11) is 0. The van der Waals surface area contributed by atoms with E-state index >= 15 is 0 Å². The lowest BCUT2D eigenvalue weighted by atomic mass is 9.72. The smallest absolute Gasteiger partial charge is 0.317 e. The standard InChI is InChI=1S/C9H17NO2.C4H9NO2S/c10-7-9(6-8(11)12)4-2-1-3-5-9;6-4(7)3-5-1-2-8/h1-7,10H2,(H,11,12);5,8H,1-3H2,(H,6,7). The van der Waals surface area contributed by atoms with E-state index in [1.54, 1.807) is 0 Å². The third-order valence-electron chi connectivity index (χ3n) is 3.44. The molecule has 0 bridgehead atoms. The van der Waals surface area contributed by atoms with Gasteiger partial charge < -0.3 is 21.3 Å². The lowest BCUT2D eigenvalue weighted by molar-refractivity contribution is -0.140. The Kier molecular flexibility index (Phi) is 10.5. The van der Waals surface area contributed by atoms with Gasteiger partial charge >= 0.3 is 11.9 Å². The first-order valence-corrected chi connectivity index (χ1v) is 7.54. The number of nitrogens with two attached hydrogens (primary N) is 1. The molecule has 0 aromatic heterocycles. The van der Waals surface area contributed by atoms with Gasteiger partial charge in [0.25, 0.3) is 0 Å². The van der Waals surface area contributed by atoms with Gasteiger partial charge in [-0.05, 0) is 24.8 Å². The minimum atomic E-state index is -0.827. The van der Waals surface area contributed by atoms with Crippen LogP contribution < -0.4 is 11.1 Å². The van der Waals surface area contributed by atoms with Crippen molar-refractivity contribution >= 4 is 24.6 Å². The van der Waals surface area contributed by atoms with Crippen molar-refractivity contribution in [3.8, 4) is 0 Å². The first-order chi connectivity index (χ1) is 9.45. The monoisotopic (exact) mass is 306 g/mol. The topological polar surface area (TPSA) is 113 Å². The Morgan fingerprint density at radius 3 is 2.15 bits per heavy atom. The number of carboxylic acids is 2. The maximum Gasteiger partial charge on any atom is 0.317 e. The van der Waals surface area contributed by atoms with Crippen molar-refractivity contribution in [3.63, 3.8) is 0 Å². The van der Waals surface area contributed by atoms with Crippen LogP contribution in [0.1, 0.15) is 38.5 Å². The third-order valence-corrected chi connectivity index (χ3v) is 3.66. The first kappa shape index (κ1) is 19.2. The summed E-state index contributed by atoms with van der Waals surface area (Å²) in [5.41, 5.74) is 5.54. The van der Waals surface area contributed by atoms with Gasteiger partial charge in [0.1, 0.15) is 0 Å². The van der Waals surface area contributed by atoms with Crippen LogP contribution in [0.4, 0.5) is 0 Å². The quantitative estimate of drug-likeness (QED) is 0.354. The summed E-state index contributed by atoms with van der Waals surface area (Å²) in [4.78, 5) is 20.4. The van der Waals surface area contributed by atoms with Crippen LogP contribution in [0, 0.1) is 5.41 Å². The normalized spacial score (nSPS) is 16.9. The van der Waals surface area contributed by atoms with Gasteiger partial charge in [0.15, 0.2) is 0 Å². The molecule has 0 unspecified atom stereocenters. The number of nitrogens with one attached hydrogen (secondary N) is 1. The van der Waals surface area contributed by atoms with Crippen LogP contribution in [0.3, 0.4) is 0 Å². The highest BCUT2D eigenvalue weighted by atomic mass is 32.1. The molecular weight excluding hydrogens is 280 g/mol. The molecule has 0 aliphatic heterocycles. The molecule has 0 aromatic carbocycles. The summed E-state index contributed by atoms with van der Waals surface area (Å²) in [5.74, 6) is -0.859. The van der Waals surface area contributed by atoms with E-state index in [4.69, 9.17) is 15.9 Å². The van der Waals surface area contributed by atoms with Crippen LogP contribution in [-0.4, -0.2) is 47.5 Å². The zero-order chi connectivity index (χ0) is 15.4. The molecule has 0 radical (unpaired) electrons. The highest BCUT2D eigenvalue weighted by molar-refractivity contribution is 7.80. The van der Waals surface area contributed by atoms with E-state index in [9.17, 15) is 9.59 Å². The molecular formula is C13H26N2O4S. The summed E-state index contributed by atoms with van der Waals surface area (Å²) in [5, 5.41) is 19.4. The summed E-state index contributed by atoms with van der Waals surface area (Å²) < 4.78 is 0. The van der Waals surface area contributed by atoms with Crippen molar-refractivity contribution < 1.29 is 19.8 Å². The molecule has 1 saturated carbocycles. The minimum Gasteiger partial charge on any atom is -0.481 e. The van der Waals surface area contributed by atoms with Crippen LogP contribution in [0.5, 0.6) is 0 Å². The van der Waals surface area contributed by atoms with Gasteiger partial charge in [-0.1, -0.05) is 19.3 Å². The van der Waals surface area contributed by atoms with Crippen LogP contribution in [0.15, 0.2) is 0 Å². The predicted octanol–water partition coefficient (Wildman–Crippen LogP) is 0.961. The molecule has 118 valence electrons. The molecule has 0 aromatic rings. The minimum absolute atomic E-state index is 0.0283. The fourth-order valence-electron chi connectivity index (χ4n) is 2.35. The highest BCUT2D eigenvalue weighted by Gasteiger charge is 2.32. The van der Waals surface area contributed by atoms with Crippen molar-refractivity contribution in [3.05, 3.63) is 0 Å². The second-order valence-corrected chi connectivity index (χ2v) is 5.58. The molecule has 0 heterocycles. The Balaban J connectivity index is 0.000000396. The third kappa shape index (κ3) is 9.17. The number of aliphatic carboxylic acids is 2. The zero-order valence-electron chi connectivity index (χ0n) is 11.8. The fourth-order valence-corrected chi connectivity index (χ4v) is 2.51. The van der Waals surface area contributed by atoms with E-state index in [0.29, 0.717) is 18.8 Å². The Hall–Kier alpha value is -0.790. The molecule has 1 aliphatic carbocycles. The second-order valence-electron chi connectivity index (χ2n) is 5.13. The van der Waals surface area contributed by atoms with Crippen LogP contribution >= 0.6 is 12.6 Å². The molecule has 7 heteroatoms. The number of rotatable bonds is 7. The van der Waals surface area contributed by atoms with Gasteiger partial charge in [-0.25, -0.2) is 0 Å². The number of carbonyl (C=O) groups is 2. The molecule has 0 saturated heterocycles. The van der Waals surface area contributed by atoms with Crippen molar-refractivity contribution in [1.82, 2.24) is 5.32 Å². The number of hydrogen-bond acceptors (Lipinski definition) is 5. The summed E-state index contributed by atoms with van der Waals surface area (Å²) in [6.45, 7) is 1.20. The molecule has 1 fully saturated rings. The van der Waals surface area contributed by atoms with E-state index < -0.39 is 11.9 Å². The van der Waals surface area contributed by atoms with Gasteiger partial charge in [0.05, 0.1) is 13.0 Å². The molecule has 0 spiro atoms. The second kappa shape index (κ2) is 10.9. The summed E-state index contributed by atoms with van der Waals surface area (Å²) >= 11 is 3.87. The highest BCUT2D eigenvalue weighted by Crippen LogP contribution is 2.38. The van der Waals surface area contributed by atoms with Gasteiger partial charge in [0, 0.05) is 12.3 Å². The average Bonchev–Trinajstić information content (AvgIpc) is 2.40. The van der Waals surface area contributed by atoms with E-state index in [1.165, 1.54) is 6.42 Å².